The molecule has 0 bridgehead atoms. The maximum absolute atomic E-state index is 9.57. The van der Waals surface area contributed by atoms with Crippen LogP contribution in [0.15, 0.2) is 66.7 Å². The smallest absolute Gasteiger partial charge is 0.127 e. The molecule has 134 valence electrons. The second-order valence-electron chi connectivity index (χ2n) is 5.74. The summed E-state index contributed by atoms with van der Waals surface area (Å²) in [5.74, 6) is 0.612. The second kappa shape index (κ2) is 8.97. The Bertz CT molecular complexity index is 1020. The van der Waals surface area contributed by atoms with Crippen molar-refractivity contribution in [2.45, 2.75) is 6.61 Å². The molecule has 3 aromatic rings. The van der Waals surface area contributed by atoms with E-state index in [9.17, 15) is 5.26 Å². The van der Waals surface area contributed by atoms with Gasteiger partial charge in [-0.3, -0.25) is 0 Å². The van der Waals surface area contributed by atoms with E-state index in [1.807, 2.05) is 24.3 Å². The summed E-state index contributed by atoms with van der Waals surface area (Å²) in [4.78, 5) is 0. The van der Waals surface area contributed by atoms with Crippen LogP contribution in [0, 0.1) is 11.3 Å². The Morgan fingerprint density at radius 3 is 2.33 bits per heavy atom. The largest absolute Gasteiger partial charge is 0.488 e. The first-order valence-corrected chi connectivity index (χ1v) is 9.23. The third-order valence-corrected chi connectivity index (χ3v) is 4.74. The zero-order valence-electron chi connectivity index (χ0n) is 14.1. The first-order valence-electron chi connectivity index (χ1n) is 8.10. The van der Waals surface area contributed by atoms with E-state index >= 15 is 0 Å². The zero-order chi connectivity index (χ0) is 19.2. The topological polar surface area (TPSA) is 33.0 Å². The summed E-state index contributed by atoms with van der Waals surface area (Å²) in [5, 5.41) is 11.4. The molecule has 0 saturated heterocycles. The third kappa shape index (κ3) is 5.05. The van der Waals surface area contributed by atoms with Crippen molar-refractivity contribution < 1.29 is 4.74 Å². The van der Waals surface area contributed by atoms with Crippen LogP contribution in [0.3, 0.4) is 0 Å². The summed E-state index contributed by atoms with van der Waals surface area (Å²) in [6, 6.07) is 22.1. The molecular formula is C22H14Cl3NO. The lowest BCUT2D eigenvalue weighted by Crippen LogP contribution is -1.98. The number of nitriles is 1. The number of ether oxygens (including phenoxy) is 1. The van der Waals surface area contributed by atoms with Gasteiger partial charge in [0.2, 0.25) is 0 Å². The van der Waals surface area contributed by atoms with Crippen LogP contribution in [-0.2, 0) is 6.61 Å². The highest BCUT2D eigenvalue weighted by molar-refractivity contribution is 6.31. The number of allylic oxidation sites excluding steroid dienone is 1. The van der Waals surface area contributed by atoms with Gasteiger partial charge in [-0.05, 0) is 48.0 Å². The lowest BCUT2D eigenvalue weighted by Gasteiger charge is -2.11. The van der Waals surface area contributed by atoms with E-state index in [4.69, 9.17) is 39.5 Å². The summed E-state index contributed by atoms with van der Waals surface area (Å²) in [6.07, 6.45) is 1.75. The van der Waals surface area contributed by atoms with E-state index in [2.05, 4.69) is 6.07 Å². The van der Waals surface area contributed by atoms with Crippen LogP contribution < -0.4 is 4.74 Å². The number of benzene rings is 3. The van der Waals surface area contributed by atoms with Gasteiger partial charge in [-0.15, -0.1) is 0 Å². The van der Waals surface area contributed by atoms with E-state index in [1.54, 1.807) is 48.5 Å². The molecule has 0 unspecified atom stereocenters. The van der Waals surface area contributed by atoms with E-state index in [1.165, 1.54) is 0 Å². The fourth-order valence-corrected chi connectivity index (χ4v) is 3.00. The first-order chi connectivity index (χ1) is 13.1. The molecular weight excluding hydrogens is 401 g/mol. The minimum atomic E-state index is 0.310. The Balaban J connectivity index is 1.92. The van der Waals surface area contributed by atoms with Crippen LogP contribution in [0.4, 0.5) is 0 Å². The Kier molecular flexibility index (Phi) is 6.42. The van der Waals surface area contributed by atoms with Crippen molar-refractivity contribution in [2.75, 3.05) is 0 Å². The summed E-state index contributed by atoms with van der Waals surface area (Å²) >= 11 is 18.3. The van der Waals surface area contributed by atoms with Crippen LogP contribution >= 0.6 is 34.8 Å². The number of hydrogen-bond donors (Lipinski definition) is 0. The van der Waals surface area contributed by atoms with Crippen molar-refractivity contribution in [3.63, 3.8) is 0 Å². The molecule has 0 heterocycles. The van der Waals surface area contributed by atoms with Crippen LogP contribution in [0.25, 0.3) is 11.6 Å². The lowest BCUT2D eigenvalue weighted by molar-refractivity contribution is 0.305. The van der Waals surface area contributed by atoms with Crippen LogP contribution in [-0.4, -0.2) is 0 Å². The van der Waals surface area contributed by atoms with E-state index in [0.717, 1.165) is 11.1 Å². The van der Waals surface area contributed by atoms with Crippen LogP contribution in [0.1, 0.15) is 16.7 Å². The molecule has 0 aliphatic rings. The summed E-state index contributed by atoms with van der Waals surface area (Å²) in [6.45, 7) is 0.310. The predicted octanol–water partition coefficient (Wildman–Crippen LogP) is 7.29. The van der Waals surface area contributed by atoms with E-state index in [-0.39, 0.29) is 0 Å². The fourth-order valence-electron chi connectivity index (χ4n) is 2.50. The van der Waals surface area contributed by atoms with Gasteiger partial charge in [0.1, 0.15) is 12.4 Å². The molecule has 0 fully saturated rings. The Hall–Kier alpha value is -2.44. The fraction of sp³-hybridized carbons (Fsp3) is 0.0455. The molecule has 2 nitrogen and oxygen atoms in total. The number of nitrogens with zero attached hydrogens (tertiary/aromatic N) is 1. The molecule has 0 aliphatic heterocycles. The van der Waals surface area contributed by atoms with Gasteiger partial charge >= 0.3 is 0 Å². The minimum Gasteiger partial charge on any atom is -0.488 e. The highest BCUT2D eigenvalue weighted by atomic mass is 35.5. The third-order valence-electron chi connectivity index (χ3n) is 3.89. The lowest BCUT2D eigenvalue weighted by atomic mass is 10.0. The molecule has 0 N–H and O–H groups in total. The standard InChI is InChI=1S/C22H14Cl3NO/c23-19-7-5-15(6-8-19)18(13-26)11-17-12-20(24)9-10-22(17)27-14-16-3-1-2-4-21(16)25/h1-12H,14H2/b18-11+. The van der Waals surface area contributed by atoms with Gasteiger partial charge in [-0.25, -0.2) is 0 Å². The summed E-state index contributed by atoms with van der Waals surface area (Å²) < 4.78 is 5.94. The first kappa shape index (κ1) is 19.3. The Morgan fingerprint density at radius 2 is 1.63 bits per heavy atom. The summed E-state index contributed by atoms with van der Waals surface area (Å²) in [7, 11) is 0. The quantitative estimate of drug-likeness (QED) is 0.324. The zero-order valence-corrected chi connectivity index (χ0v) is 16.4. The van der Waals surface area contributed by atoms with Gasteiger partial charge < -0.3 is 4.74 Å². The highest BCUT2D eigenvalue weighted by Gasteiger charge is 2.08. The summed E-state index contributed by atoms with van der Waals surface area (Å²) in [5.41, 5.74) is 2.83. The Morgan fingerprint density at radius 1 is 0.926 bits per heavy atom. The maximum atomic E-state index is 9.57. The molecule has 0 spiro atoms. The number of rotatable bonds is 5. The average molecular weight is 415 g/mol. The van der Waals surface area contributed by atoms with Gasteiger partial charge in [0, 0.05) is 26.2 Å². The molecule has 3 rings (SSSR count). The van der Waals surface area contributed by atoms with Crippen molar-refractivity contribution in [1.82, 2.24) is 0 Å². The van der Waals surface area contributed by atoms with Crippen molar-refractivity contribution >= 4 is 46.5 Å². The van der Waals surface area contributed by atoms with Crippen molar-refractivity contribution in [3.8, 4) is 11.8 Å². The number of hydrogen-bond acceptors (Lipinski definition) is 2. The van der Waals surface area contributed by atoms with Crippen molar-refractivity contribution in [1.29, 1.82) is 5.26 Å². The predicted molar refractivity (Wildman–Crippen MR) is 112 cm³/mol. The number of halogens is 3. The van der Waals surface area contributed by atoms with Gasteiger partial charge in [-0.2, -0.15) is 5.26 Å². The monoisotopic (exact) mass is 413 g/mol. The molecule has 0 amide bonds. The molecule has 3 aromatic carbocycles. The highest BCUT2D eigenvalue weighted by Crippen LogP contribution is 2.29. The molecule has 27 heavy (non-hydrogen) atoms. The van der Waals surface area contributed by atoms with Crippen LogP contribution in [0.2, 0.25) is 15.1 Å². The molecule has 5 heteroatoms. The van der Waals surface area contributed by atoms with E-state index in [0.29, 0.717) is 38.6 Å². The molecule has 0 aromatic heterocycles. The molecule has 0 saturated carbocycles. The Labute approximate surface area is 173 Å². The SMILES string of the molecule is N#C/C(=C\c1cc(Cl)ccc1OCc1ccccc1Cl)c1ccc(Cl)cc1. The molecule has 0 atom stereocenters. The average Bonchev–Trinajstić information content (AvgIpc) is 2.67. The maximum Gasteiger partial charge on any atom is 0.127 e. The van der Waals surface area contributed by atoms with Gasteiger partial charge in [0.15, 0.2) is 0 Å². The minimum absolute atomic E-state index is 0.310. The van der Waals surface area contributed by atoms with Gasteiger partial charge in [-0.1, -0.05) is 65.1 Å². The van der Waals surface area contributed by atoms with Crippen molar-refractivity contribution in [3.05, 3.63) is 98.5 Å². The van der Waals surface area contributed by atoms with Crippen LogP contribution in [0.5, 0.6) is 5.75 Å². The molecule has 0 radical (unpaired) electrons. The van der Waals surface area contributed by atoms with Gasteiger partial charge in [0.25, 0.3) is 0 Å². The van der Waals surface area contributed by atoms with Crippen molar-refractivity contribution in [2.24, 2.45) is 0 Å². The van der Waals surface area contributed by atoms with Gasteiger partial charge in [0.05, 0.1) is 11.6 Å². The second-order valence-corrected chi connectivity index (χ2v) is 7.02. The molecule has 0 aliphatic carbocycles. The normalized spacial score (nSPS) is 11.1. The van der Waals surface area contributed by atoms with E-state index < -0.39 is 0 Å².